The molecule has 0 radical (unpaired) electrons. The fraction of sp³-hybridized carbons (Fsp3) is 0.182. The summed E-state index contributed by atoms with van der Waals surface area (Å²) >= 11 is 0. The predicted octanol–water partition coefficient (Wildman–Crippen LogP) is 2.50. The number of methoxy groups -OCH3 is 1. The highest BCUT2D eigenvalue weighted by Crippen LogP contribution is 2.22. The molecule has 9 nitrogen and oxygen atoms in total. The monoisotopic (exact) mass is 420 g/mol. The van der Waals surface area contributed by atoms with Crippen molar-refractivity contribution in [3.63, 3.8) is 0 Å². The number of nitrogens with zero attached hydrogens (tertiary/aromatic N) is 4. The molecular formula is C22H20N4O5. The van der Waals surface area contributed by atoms with Gasteiger partial charge in [-0.25, -0.2) is 0 Å². The average molecular weight is 420 g/mol. The quantitative estimate of drug-likeness (QED) is 0.423. The maximum atomic E-state index is 12.7. The van der Waals surface area contributed by atoms with E-state index in [9.17, 15) is 9.59 Å². The summed E-state index contributed by atoms with van der Waals surface area (Å²) in [6, 6.07) is 14.3. The summed E-state index contributed by atoms with van der Waals surface area (Å²) in [6.07, 6.45) is 3.02. The number of benzene rings is 2. The number of ether oxygens (including phenoxy) is 2. The fourth-order valence-corrected chi connectivity index (χ4v) is 3.10. The second-order valence-electron chi connectivity index (χ2n) is 6.55. The molecule has 0 aliphatic carbocycles. The molecule has 0 fully saturated rings. The van der Waals surface area contributed by atoms with Crippen molar-refractivity contribution in [2.75, 3.05) is 13.7 Å². The smallest absolute Gasteiger partial charge is 0.321 e. The first-order valence-electron chi connectivity index (χ1n) is 9.62. The van der Waals surface area contributed by atoms with Crippen molar-refractivity contribution >= 4 is 0 Å². The van der Waals surface area contributed by atoms with Crippen molar-refractivity contribution in [2.24, 2.45) is 0 Å². The van der Waals surface area contributed by atoms with Crippen molar-refractivity contribution in [1.82, 2.24) is 19.3 Å². The summed E-state index contributed by atoms with van der Waals surface area (Å²) < 4.78 is 18.5. The Hall–Kier alpha value is -4.14. The maximum absolute atomic E-state index is 12.7. The van der Waals surface area contributed by atoms with Gasteiger partial charge in [0.1, 0.15) is 18.0 Å². The molecule has 9 heteroatoms. The zero-order chi connectivity index (χ0) is 21.8. The summed E-state index contributed by atoms with van der Waals surface area (Å²) in [7, 11) is 1.57. The Labute approximate surface area is 177 Å². The standard InChI is InChI=1S/C22H20N4O5/c1-3-30-18-10-5-4-9-17(18)26-12-11-25(21(27)22(26)28)14-19-23-20(24-31-19)15-7-6-8-16(13-15)29-2/h4-13H,3,14H2,1-2H3. The molecule has 0 amide bonds. The van der Waals surface area contributed by atoms with Gasteiger partial charge in [-0.2, -0.15) is 4.98 Å². The van der Waals surface area contributed by atoms with Crippen LogP contribution in [0.15, 0.2) is 75.0 Å². The molecule has 2 aromatic heterocycles. The van der Waals surface area contributed by atoms with Crippen LogP contribution >= 0.6 is 0 Å². The average Bonchev–Trinajstić information content (AvgIpc) is 3.27. The molecule has 0 saturated carbocycles. The topological polar surface area (TPSA) is 101 Å². The number of hydrogen-bond donors (Lipinski definition) is 0. The number of para-hydroxylation sites is 2. The van der Waals surface area contributed by atoms with Crippen LogP contribution in [0.2, 0.25) is 0 Å². The minimum absolute atomic E-state index is 0.0288. The Balaban J connectivity index is 1.63. The highest BCUT2D eigenvalue weighted by molar-refractivity contribution is 5.56. The summed E-state index contributed by atoms with van der Waals surface area (Å²) in [6.45, 7) is 2.26. The highest BCUT2D eigenvalue weighted by Gasteiger charge is 2.14. The van der Waals surface area contributed by atoms with E-state index in [2.05, 4.69) is 10.1 Å². The lowest BCUT2D eigenvalue weighted by Gasteiger charge is -2.12. The third-order valence-corrected chi connectivity index (χ3v) is 4.58. The van der Waals surface area contributed by atoms with Crippen molar-refractivity contribution in [1.29, 1.82) is 0 Å². The van der Waals surface area contributed by atoms with Gasteiger partial charge in [-0.3, -0.25) is 18.7 Å². The molecule has 0 atom stereocenters. The van der Waals surface area contributed by atoms with Gasteiger partial charge in [0.25, 0.3) is 0 Å². The van der Waals surface area contributed by atoms with Crippen LogP contribution in [0.3, 0.4) is 0 Å². The number of aromatic nitrogens is 4. The van der Waals surface area contributed by atoms with E-state index in [1.807, 2.05) is 25.1 Å². The van der Waals surface area contributed by atoms with Crippen LogP contribution in [0.4, 0.5) is 0 Å². The third kappa shape index (κ3) is 4.11. The van der Waals surface area contributed by atoms with E-state index in [-0.39, 0.29) is 12.4 Å². The van der Waals surface area contributed by atoms with Gasteiger partial charge in [-0.15, -0.1) is 0 Å². The Morgan fingerprint density at radius 3 is 2.68 bits per heavy atom. The number of hydrogen-bond acceptors (Lipinski definition) is 7. The highest BCUT2D eigenvalue weighted by atomic mass is 16.5. The summed E-state index contributed by atoms with van der Waals surface area (Å²) in [5.74, 6) is 1.74. The van der Waals surface area contributed by atoms with E-state index >= 15 is 0 Å². The van der Waals surface area contributed by atoms with Crippen molar-refractivity contribution in [3.05, 3.63) is 87.5 Å². The molecule has 2 aromatic carbocycles. The lowest BCUT2D eigenvalue weighted by molar-refractivity contribution is 0.338. The third-order valence-electron chi connectivity index (χ3n) is 4.58. The molecule has 2 heterocycles. The minimum Gasteiger partial charge on any atom is -0.497 e. The first kappa shape index (κ1) is 20.1. The Kier molecular flexibility index (Phi) is 5.65. The summed E-state index contributed by atoms with van der Waals surface area (Å²) in [5.41, 5.74) is -0.210. The molecule has 0 aliphatic rings. The van der Waals surface area contributed by atoms with Crippen LogP contribution < -0.4 is 20.6 Å². The van der Waals surface area contributed by atoms with Crippen LogP contribution in [0.25, 0.3) is 17.1 Å². The lowest BCUT2D eigenvalue weighted by Crippen LogP contribution is -2.40. The van der Waals surface area contributed by atoms with Crippen molar-refractivity contribution in [2.45, 2.75) is 13.5 Å². The first-order valence-corrected chi connectivity index (χ1v) is 9.62. The predicted molar refractivity (Wildman–Crippen MR) is 113 cm³/mol. The lowest BCUT2D eigenvalue weighted by atomic mass is 10.2. The van der Waals surface area contributed by atoms with E-state index in [0.29, 0.717) is 35.2 Å². The second kappa shape index (κ2) is 8.70. The maximum Gasteiger partial charge on any atom is 0.321 e. The second-order valence-corrected chi connectivity index (χ2v) is 6.55. The van der Waals surface area contributed by atoms with E-state index in [0.717, 1.165) is 0 Å². The van der Waals surface area contributed by atoms with Gasteiger partial charge in [0.15, 0.2) is 0 Å². The molecule has 4 rings (SSSR count). The van der Waals surface area contributed by atoms with Crippen LogP contribution in [-0.4, -0.2) is 33.0 Å². The van der Waals surface area contributed by atoms with Gasteiger partial charge in [-0.05, 0) is 31.2 Å². The van der Waals surface area contributed by atoms with Gasteiger partial charge in [-0.1, -0.05) is 29.4 Å². The van der Waals surface area contributed by atoms with Crippen LogP contribution in [-0.2, 0) is 6.54 Å². The molecule has 31 heavy (non-hydrogen) atoms. The van der Waals surface area contributed by atoms with E-state index < -0.39 is 11.1 Å². The van der Waals surface area contributed by atoms with Gasteiger partial charge in [0.2, 0.25) is 11.7 Å². The minimum atomic E-state index is -0.713. The van der Waals surface area contributed by atoms with Crippen molar-refractivity contribution < 1.29 is 14.0 Å². The Morgan fingerprint density at radius 1 is 1.03 bits per heavy atom. The SMILES string of the molecule is CCOc1ccccc1-n1ccn(Cc2nc(-c3cccc(OC)c3)no2)c(=O)c1=O. The Morgan fingerprint density at radius 2 is 1.87 bits per heavy atom. The molecule has 0 N–H and O–H groups in total. The molecule has 0 saturated heterocycles. The van der Waals surface area contributed by atoms with Gasteiger partial charge >= 0.3 is 11.1 Å². The summed E-state index contributed by atoms with van der Waals surface area (Å²) in [4.78, 5) is 29.7. The molecule has 0 unspecified atom stereocenters. The van der Waals surface area contributed by atoms with Gasteiger partial charge in [0.05, 0.1) is 19.4 Å². The molecular weight excluding hydrogens is 400 g/mol. The van der Waals surface area contributed by atoms with Crippen molar-refractivity contribution in [3.8, 4) is 28.6 Å². The zero-order valence-corrected chi connectivity index (χ0v) is 17.0. The van der Waals surface area contributed by atoms with Crippen LogP contribution in [0, 0.1) is 0 Å². The van der Waals surface area contributed by atoms with Crippen LogP contribution in [0.5, 0.6) is 11.5 Å². The zero-order valence-electron chi connectivity index (χ0n) is 17.0. The van der Waals surface area contributed by atoms with Gasteiger partial charge < -0.3 is 14.0 Å². The largest absolute Gasteiger partial charge is 0.497 e. The van der Waals surface area contributed by atoms with E-state index in [4.69, 9.17) is 14.0 Å². The molecule has 158 valence electrons. The van der Waals surface area contributed by atoms with E-state index in [1.54, 1.807) is 37.4 Å². The van der Waals surface area contributed by atoms with Crippen LogP contribution in [0.1, 0.15) is 12.8 Å². The molecule has 0 bridgehead atoms. The van der Waals surface area contributed by atoms with Gasteiger partial charge in [0, 0.05) is 18.0 Å². The normalized spacial score (nSPS) is 10.8. The molecule has 0 spiro atoms. The molecule has 0 aliphatic heterocycles. The summed E-state index contributed by atoms with van der Waals surface area (Å²) in [5, 5.41) is 3.95. The first-order chi connectivity index (χ1) is 15.1. The molecule has 4 aromatic rings. The fourth-order valence-electron chi connectivity index (χ4n) is 3.10. The van der Waals surface area contributed by atoms with E-state index in [1.165, 1.54) is 21.5 Å². The Bertz CT molecular complexity index is 1320. The number of rotatable bonds is 7.